The number of carbonyl (C=O) groups is 1. The lowest BCUT2D eigenvalue weighted by atomic mass is 9.74. The van der Waals surface area contributed by atoms with Gasteiger partial charge in [-0.15, -0.1) is 0 Å². The molecule has 0 spiro atoms. The monoisotopic (exact) mass is 381 g/mol. The summed E-state index contributed by atoms with van der Waals surface area (Å²) in [6.45, 7) is 5.32. The normalized spacial score (nSPS) is 21.2. The second-order valence-electron chi connectivity index (χ2n) is 8.40. The Morgan fingerprint density at radius 3 is 2.36 bits per heavy atom. The maximum absolute atomic E-state index is 12.3. The molecule has 5 heteroatoms. The maximum atomic E-state index is 12.3. The Morgan fingerprint density at radius 1 is 1.18 bits per heavy atom. The highest BCUT2D eigenvalue weighted by Crippen LogP contribution is 2.44. The second kappa shape index (κ2) is 7.22. The van der Waals surface area contributed by atoms with Crippen molar-refractivity contribution >= 4 is 6.09 Å². The van der Waals surface area contributed by atoms with Crippen LogP contribution in [0.4, 0.5) is 4.79 Å². The van der Waals surface area contributed by atoms with Crippen molar-refractivity contribution in [1.29, 1.82) is 0 Å². The molecule has 1 fully saturated rings. The van der Waals surface area contributed by atoms with Crippen LogP contribution in [0, 0.1) is 5.41 Å². The number of rotatable bonds is 5. The van der Waals surface area contributed by atoms with Crippen LogP contribution in [0.25, 0.3) is 11.1 Å². The predicted molar refractivity (Wildman–Crippen MR) is 107 cm³/mol. The van der Waals surface area contributed by atoms with Crippen molar-refractivity contribution in [2.75, 3.05) is 26.4 Å². The summed E-state index contributed by atoms with van der Waals surface area (Å²) >= 11 is 0. The van der Waals surface area contributed by atoms with E-state index in [1.54, 1.807) is 0 Å². The summed E-state index contributed by atoms with van der Waals surface area (Å²) < 4.78 is 10.9. The highest BCUT2D eigenvalue weighted by Gasteiger charge is 2.46. The molecule has 2 N–H and O–H groups in total. The Hall–Kier alpha value is -2.37. The zero-order chi connectivity index (χ0) is 19.8. The van der Waals surface area contributed by atoms with Crippen molar-refractivity contribution in [1.82, 2.24) is 5.32 Å². The van der Waals surface area contributed by atoms with Gasteiger partial charge in [0.15, 0.2) is 0 Å². The van der Waals surface area contributed by atoms with Crippen LogP contribution >= 0.6 is 0 Å². The van der Waals surface area contributed by atoms with E-state index >= 15 is 0 Å². The fourth-order valence-corrected chi connectivity index (χ4v) is 4.20. The third-order valence-corrected chi connectivity index (χ3v) is 6.28. The number of carbonyl (C=O) groups excluding carboxylic acids is 1. The van der Waals surface area contributed by atoms with Crippen LogP contribution in [0.3, 0.4) is 0 Å². The number of ether oxygens (including phenoxy) is 2. The van der Waals surface area contributed by atoms with Gasteiger partial charge in [0.05, 0.1) is 12.2 Å². The third kappa shape index (κ3) is 3.29. The first-order valence-corrected chi connectivity index (χ1v) is 9.80. The lowest BCUT2D eigenvalue weighted by Crippen LogP contribution is -2.51. The topological polar surface area (TPSA) is 67.8 Å². The highest BCUT2D eigenvalue weighted by atomic mass is 16.5. The minimum Gasteiger partial charge on any atom is -0.449 e. The van der Waals surface area contributed by atoms with Gasteiger partial charge < -0.3 is 19.9 Å². The molecule has 5 nitrogen and oxygen atoms in total. The number of nitrogens with one attached hydrogen (secondary N) is 1. The van der Waals surface area contributed by atoms with Gasteiger partial charge in [0.2, 0.25) is 0 Å². The summed E-state index contributed by atoms with van der Waals surface area (Å²) in [5.41, 5.74) is 3.36. The number of fused-ring (bicyclic) bond motifs is 3. The molecule has 1 amide bonds. The Bertz CT molecular complexity index is 825. The van der Waals surface area contributed by atoms with Gasteiger partial charge in [0.1, 0.15) is 6.61 Å². The number of amides is 1. The van der Waals surface area contributed by atoms with Gasteiger partial charge in [-0.1, -0.05) is 62.4 Å². The molecule has 0 radical (unpaired) electrons. The van der Waals surface area contributed by atoms with Crippen LogP contribution in [-0.2, 0) is 9.47 Å². The number of alkyl carbamates (subject to hydrolysis) is 1. The molecule has 0 bridgehead atoms. The van der Waals surface area contributed by atoms with Crippen LogP contribution in [0.5, 0.6) is 0 Å². The van der Waals surface area contributed by atoms with E-state index in [-0.39, 0.29) is 12.5 Å². The average molecular weight is 381 g/mol. The summed E-state index contributed by atoms with van der Waals surface area (Å²) in [7, 11) is 0. The fraction of sp³-hybridized carbons (Fsp3) is 0.435. The van der Waals surface area contributed by atoms with Crippen molar-refractivity contribution < 1.29 is 19.4 Å². The highest BCUT2D eigenvalue weighted by molar-refractivity contribution is 5.79. The maximum Gasteiger partial charge on any atom is 0.407 e. The standard InChI is InChI=1S/C23H27NO4/c1-22(2,23(26)11-12-27-15-23)14-24-21(25)28-13-20-18-9-5-3-7-16(18)17-8-4-6-10-19(17)20/h3-10,20,26H,11-15H2,1-2H3,(H,24,25). The largest absolute Gasteiger partial charge is 0.449 e. The molecule has 0 saturated carbocycles. The van der Waals surface area contributed by atoms with E-state index in [1.165, 1.54) is 22.3 Å². The van der Waals surface area contributed by atoms with Crippen LogP contribution < -0.4 is 5.32 Å². The molecule has 2 aromatic rings. The minimum absolute atomic E-state index is 0.0403. The van der Waals surface area contributed by atoms with Gasteiger partial charge in [0, 0.05) is 30.9 Å². The van der Waals surface area contributed by atoms with Crippen LogP contribution in [0.15, 0.2) is 48.5 Å². The first-order valence-electron chi connectivity index (χ1n) is 9.80. The summed E-state index contributed by atoms with van der Waals surface area (Å²) in [5, 5.41) is 13.6. The van der Waals surface area contributed by atoms with E-state index in [0.717, 1.165) is 0 Å². The van der Waals surface area contributed by atoms with E-state index in [2.05, 4.69) is 29.6 Å². The molecule has 2 aromatic carbocycles. The Morgan fingerprint density at radius 2 is 1.79 bits per heavy atom. The molecule has 1 saturated heterocycles. The van der Waals surface area contributed by atoms with Crippen molar-refractivity contribution in [3.63, 3.8) is 0 Å². The Labute approximate surface area is 165 Å². The summed E-state index contributed by atoms with van der Waals surface area (Å²) in [5.74, 6) is 0.0403. The van der Waals surface area contributed by atoms with Crippen LogP contribution in [0.2, 0.25) is 0 Å². The van der Waals surface area contributed by atoms with Gasteiger partial charge in [-0.2, -0.15) is 0 Å². The first-order chi connectivity index (χ1) is 13.4. The molecular formula is C23H27NO4. The molecule has 1 heterocycles. The molecule has 1 atom stereocenters. The molecule has 0 aromatic heterocycles. The quantitative estimate of drug-likeness (QED) is 0.829. The van der Waals surface area contributed by atoms with Gasteiger partial charge in [0.25, 0.3) is 0 Å². The van der Waals surface area contributed by atoms with E-state index in [0.29, 0.717) is 26.2 Å². The Kier molecular flexibility index (Phi) is 4.89. The van der Waals surface area contributed by atoms with Crippen LogP contribution in [0.1, 0.15) is 37.3 Å². The lowest BCUT2D eigenvalue weighted by molar-refractivity contribution is -0.0679. The molecule has 2 aliphatic rings. The van der Waals surface area contributed by atoms with Crippen molar-refractivity contribution in [3.05, 3.63) is 59.7 Å². The second-order valence-corrected chi connectivity index (χ2v) is 8.40. The molecule has 1 unspecified atom stereocenters. The van der Waals surface area contributed by atoms with Crippen molar-refractivity contribution in [2.24, 2.45) is 5.41 Å². The molecule has 28 heavy (non-hydrogen) atoms. The number of benzene rings is 2. The summed E-state index contributed by atoms with van der Waals surface area (Å²) in [6, 6.07) is 16.5. The summed E-state index contributed by atoms with van der Waals surface area (Å²) in [4.78, 5) is 12.3. The third-order valence-electron chi connectivity index (χ3n) is 6.28. The minimum atomic E-state index is -0.927. The van der Waals surface area contributed by atoms with E-state index in [1.807, 2.05) is 38.1 Å². The smallest absolute Gasteiger partial charge is 0.407 e. The number of hydrogen-bond donors (Lipinski definition) is 2. The lowest BCUT2D eigenvalue weighted by Gasteiger charge is -2.38. The number of hydrogen-bond acceptors (Lipinski definition) is 4. The first kappa shape index (κ1) is 19.0. The average Bonchev–Trinajstić information content (AvgIpc) is 3.28. The molecular weight excluding hydrogens is 354 g/mol. The van der Waals surface area contributed by atoms with Gasteiger partial charge in [-0.25, -0.2) is 4.79 Å². The van der Waals surface area contributed by atoms with E-state index < -0.39 is 17.1 Å². The zero-order valence-electron chi connectivity index (χ0n) is 16.4. The number of aliphatic hydroxyl groups is 1. The van der Waals surface area contributed by atoms with Gasteiger partial charge in [-0.05, 0) is 22.3 Å². The van der Waals surface area contributed by atoms with Crippen LogP contribution in [-0.4, -0.2) is 43.2 Å². The molecule has 4 rings (SSSR count). The van der Waals surface area contributed by atoms with E-state index in [9.17, 15) is 9.90 Å². The zero-order valence-corrected chi connectivity index (χ0v) is 16.4. The van der Waals surface area contributed by atoms with E-state index in [4.69, 9.17) is 9.47 Å². The fourth-order valence-electron chi connectivity index (χ4n) is 4.20. The molecule has 1 aliphatic carbocycles. The van der Waals surface area contributed by atoms with Crippen molar-refractivity contribution in [2.45, 2.75) is 31.8 Å². The van der Waals surface area contributed by atoms with Crippen molar-refractivity contribution in [3.8, 4) is 11.1 Å². The summed E-state index contributed by atoms with van der Waals surface area (Å²) in [6.07, 6.45) is 0.115. The van der Waals surface area contributed by atoms with Gasteiger partial charge in [-0.3, -0.25) is 0 Å². The SMILES string of the molecule is CC(C)(CNC(=O)OCC1c2ccccc2-c2ccccc21)C1(O)CCOC1. The Balaban J connectivity index is 1.39. The molecule has 1 aliphatic heterocycles. The predicted octanol–water partition coefficient (Wildman–Crippen LogP) is 3.70. The van der Waals surface area contributed by atoms with Gasteiger partial charge >= 0.3 is 6.09 Å². The molecule has 148 valence electrons.